The quantitative estimate of drug-likeness (QED) is 0.663. The van der Waals surface area contributed by atoms with Gasteiger partial charge in [-0.15, -0.1) is 0 Å². The van der Waals surface area contributed by atoms with Crippen molar-refractivity contribution >= 4 is 17.7 Å². The minimum Gasteiger partial charge on any atom is -0.479 e. The maximum Gasteiger partial charge on any atom is 0.344 e. The second-order valence-electron chi connectivity index (χ2n) is 2.46. The molecule has 5 heteroatoms. The average molecular weight is 182 g/mol. The number of carbonyl (C=O) groups is 1. The van der Waals surface area contributed by atoms with Crippen LogP contribution in [0.3, 0.4) is 0 Å². The maximum absolute atomic E-state index is 13.1. The first-order chi connectivity index (χ1) is 5.07. The Morgan fingerprint density at radius 1 is 1.73 bits per heavy atom. The molecule has 0 aromatic rings. The summed E-state index contributed by atoms with van der Waals surface area (Å²) in [5, 5.41) is 8.34. The Morgan fingerprint density at radius 2 is 2.36 bits per heavy atom. The van der Waals surface area contributed by atoms with E-state index < -0.39 is 17.8 Å². The van der Waals surface area contributed by atoms with E-state index in [0.717, 1.165) is 0 Å². The van der Waals surface area contributed by atoms with Gasteiger partial charge in [0, 0.05) is 12.2 Å². The Morgan fingerprint density at radius 3 is 2.73 bits per heavy atom. The van der Waals surface area contributed by atoms with Gasteiger partial charge in [0.2, 0.25) is 5.67 Å². The van der Waals surface area contributed by atoms with E-state index in [1.165, 1.54) is 11.8 Å². The number of halogens is 2. The molecular weight excluding hydrogens is 174 g/mol. The Hall–Kier alpha value is -0.320. The van der Waals surface area contributed by atoms with Crippen LogP contribution in [0, 0.1) is 0 Å². The number of carboxylic acids is 1. The van der Waals surface area contributed by atoms with Crippen LogP contribution in [0.5, 0.6) is 0 Å². The molecule has 0 radical (unpaired) electrons. The van der Waals surface area contributed by atoms with E-state index in [-0.39, 0.29) is 12.2 Å². The summed E-state index contributed by atoms with van der Waals surface area (Å²) in [6, 6.07) is 0. The Bertz CT molecular complexity index is 176. The van der Waals surface area contributed by atoms with Gasteiger partial charge in [-0.1, -0.05) is 0 Å². The highest BCUT2D eigenvalue weighted by molar-refractivity contribution is 7.99. The van der Waals surface area contributed by atoms with E-state index in [2.05, 4.69) is 0 Å². The monoisotopic (exact) mass is 182 g/mol. The maximum atomic E-state index is 13.1. The van der Waals surface area contributed by atoms with E-state index in [4.69, 9.17) is 5.11 Å². The molecule has 0 bridgehead atoms. The van der Waals surface area contributed by atoms with Crippen LogP contribution in [0.15, 0.2) is 0 Å². The molecule has 1 N–H and O–H groups in total. The number of alkyl halides is 2. The first kappa shape index (κ1) is 8.77. The van der Waals surface area contributed by atoms with Crippen molar-refractivity contribution in [3.63, 3.8) is 0 Å². The Kier molecular flexibility index (Phi) is 2.37. The zero-order chi connectivity index (χ0) is 8.48. The zero-order valence-electron chi connectivity index (χ0n) is 5.72. The van der Waals surface area contributed by atoms with Crippen LogP contribution in [0.2, 0.25) is 0 Å². The molecule has 0 amide bonds. The van der Waals surface area contributed by atoms with Gasteiger partial charge >= 0.3 is 5.97 Å². The lowest BCUT2D eigenvalue weighted by Gasteiger charge is -2.28. The molecule has 64 valence electrons. The van der Waals surface area contributed by atoms with Crippen LogP contribution in [0.1, 0.15) is 6.42 Å². The van der Waals surface area contributed by atoms with Crippen LogP contribution in [0.25, 0.3) is 0 Å². The van der Waals surface area contributed by atoms with E-state index in [0.29, 0.717) is 5.75 Å². The highest BCUT2D eigenvalue weighted by atomic mass is 32.2. The molecule has 0 aromatic heterocycles. The molecule has 2 nitrogen and oxygen atoms in total. The van der Waals surface area contributed by atoms with Crippen molar-refractivity contribution in [1.29, 1.82) is 0 Å². The topological polar surface area (TPSA) is 37.3 Å². The van der Waals surface area contributed by atoms with Crippen molar-refractivity contribution in [2.75, 3.05) is 11.5 Å². The van der Waals surface area contributed by atoms with E-state index in [1.54, 1.807) is 0 Å². The van der Waals surface area contributed by atoms with Crippen molar-refractivity contribution < 1.29 is 18.7 Å². The fourth-order valence-electron chi connectivity index (χ4n) is 0.937. The second kappa shape index (κ2) is 2.97. The first-order valence-corrected chi connectivity index (χ1v) is 4.37. The summed E-state index contributed by atoms with van der Waals surface area (Å²) in [5.74, 6) is -1.35. The summed E-state index contributed by atoms with van der Waals surface area (Å²) in [4.78, 5) is 10.3. The number of carboxylic acid groups (broad SMARTS) is 1. The third-order valence-corrected chi connectivity index (χ3v) is 2.75. The summed E-state index contributed by atoms with van der Waals surface area (Å²) in [5.41, 5.74) is -2.63. The van der Waals surface area contributed by atoms with Gasteiger partial charge in [0.15, 0.2) is 6.17 Å². The Balaban J connectivity index is 2.72. The van der Waals surface area contributed by atoms with Crippen molar-refractivity contribution in [3.8, 4) is 0 Å². The average Bonchev–Trinajstić information content (AvgIpc) is 1.95. The van der Waals surface area contributed by atoms with Crippen molar-refractivity contribution in [1.82, 2.24) is 0 Å². The minimum absolute atomic E-state index is 0.0528. The van der Waals surface area contributed by atoms with Crippen LogP contribution >= 0.6 is 11.8 Å². The molecule has 11 heavy (non-hydrogen) atoms. The van der Waals surface area contributed by atoms with Crippen molar-refractivity contribution in [3.05, 3.63) is 0 Å². The van der Waals surface area contributed by atoms with Crippen LogP contribution < -0.4 is 0 Å². The normalized spacial score (nSPS) is 38.5. The number of rotatable bonds is 1. The van der Waals surface area contributed by atoms with Gasteiger partial charge in [-0.3, -0.25) is 0 Å². The van der Waals surface area contributed by atoms with Gasteiger partial charge in [0.05, 0.1) is 0 Å². The SMILES string of the molecule is O=C(O)C1(F)CCSCC1F. The third kappa shape index (κ3) is 1.47. The fraction of sp³-hybridized carbons (Fsp3) is 0.833. The summed E-state index contributed by atoms with van der Waals surface area (Å²) >= 11 is 1.24. The molecular formula is C6H8F2O2S. The minimum atomic E-state index is -2.63. The van der Waals surface area contributed by atoms with Gasteiger partial charge in [-0.2, -0.15) is 11.8 Å². The van der Waals surface area contributed by atoms with Gasteiger partial charge in [-0.05, 0) is 5.75 Å². The Labute approximate surface area is 67.0 Å². The standard InChI is InChI=1S/C6H8F2O2S/c7-4-3-11-2-1-6(4,8)5(9)10/h4H,1-3H2,(H,9,10). The molecule has 1 heterocycles. The number of hydrogen-bond donors (Lipinski definition) is 1. The van der Waals surface area contributed by atoms with Crippen molar-refractivity contribution in [2.45, 2.75) is 18.3 Å². The highest BCUT2D eigenvalue weighted by Crippen LogP contribution is 2.33. The summed E-state index contributed by atoms with van der Waals surface area (Å²) < 4.78 is 25.8. The predicted octanol–water partition coefficient (Wildman–Crippen LogP) is 1.25. The molecule has 2 atom stereocenters. The van der Waals surface area contributed by atoms with E-state index in [9.17, 15) is 13.6 Å². The number of thioether (sulfide) groups is 1. The zero-order valence-corrected chi connectivity index (χ0v) is 6.53. The summed E-state index contributed by atoms with van der Waals surface area (Å²) in [7, 11) is 0. The highest BCUT2D eigenvalue weighted by Gasteiger charge is 2.49. The van der Waals surface area contributed by atoms with Gasteiger partial charge in [0.1, 0.15) is 0 Å². The molecule has 0 aromatic carbocycles. The van der Waals surface area contributed by atoms with Gasteiger partial charge in [-0.25, -0.2) is 13.6 Å². The first-order valence-electron chi connectivity index (χ1n) is 3.21. The van der Waals surface area contributed by atoms with Crippen LogP contribution in [-0.4, -0.2) is 34.4 Å². The van der Waals surface area contributed by atoms with Gasteiger partial charge in [0.25, 0.3) is 0 Å². The van der Waals surface area contributed by atoms with Gasteiger partial charge < -0.3 is 5.11 Å². The molecule has 1 aliphatic rings. The lowest BCUT2D eigenvalue weighted by Crippen LogP contribution is -2.47. The van der Waals surface area contributed by atoms with Crippen molar-refractivity contribution in [2.24, 2.45) is 0 Å². The van der Waals surface area contributed by atoms with E-state index in [1.807, 2.05) is 0 Å². The molecule has 2 unspecified atom stereocenters. The van der Waals surface area contributed by atoms with Crippen LogP contribution in [-0.2, 0) is 4.79 Å². The summed E-state index contributed by atoms with van der Waals surface area (Å²) in [6.07, 6.45) is -2.09. The number of aliphatic carboxylic acids is 1. The van der Waals surface area contributed by atoms with Crippen LogP contribution in [0.4, 0.5) is 8.78 Å². The van der Waals surface area contributed by atoms with E-state index >= 15 is 0 Å². The molecule has 0 saturated carbocycles. The fourth-order valence-corrected chi connectivity index (χ4v) is 2.02. The summed E-state index contributed by atoms with van der Waals surface area (Å²) in [6.45, 7) is 0. The largest absolute Gasteiger partial charge is 0.479 e. The lowest BCUT2D eigenvalue weighted by atomic mass is 9.98. The molecule has 1 aliphatic heterocycles. The molecule has 0 aliphatic carbocycles. The number of hydrogen-bond acceptors (Lipinski definition) is 2. The third-order valence-electron chi connectivity index (χ3n) is 1.73. The predicted molar refractivity (Wildman–Crippen MR) is 38.3 cm³/mol. The molecule has 1 saturated heterocycles. The second-order valence-corrected chi connectivity index (χ2v) is 3.61. The lowest BCUT2D eigenvalue weighted by molar-refractivity contribution is -0.155. The molecule has 0 spiro atoms. The molecule has 1 rings (SSSR count). The molecule has 1 fully saturated rings. The smallest absolute Gasteiger partial charge is 0.344 e.